The van der Waals surface area contributed by atoms with Crippen LogP contribution in [0.4, 0.5) is 16.4 Å². The summed E-state index contributed by atoms with van der Waals surface area (Å²) in [6.07, 6.45) is -0.0609. The topological polar surface area (TPSA) is 126 Å². The fourth-order valence-electron chi connectivity index (χ4n) is 3.90. The molecule has 1 fully saturated rings. The van der Waals surface area contributed by atoms with Crippen LogP contribution in [-0.4, -0.2) is 44.9 Å². The Bertz CT molecular complexity index is 1400. The van der Waals surface area contributed by atoms with E-state index in [0.29, 0.717) is 35.7 Å². The van der Waals surface area contributed by atoms with Crippen molar-refractivity contribution in [3.05, 3.63) is 56.2 Å². The lowest BCUT2D eigenvalue weighted by atomic mass is 10.2. The van der Waals surface area contributed by atoms with Gasteiger partial charge in [-0.25, -0.2) is 14.6 Å². The summed E-state index contributed by atoms with van der Waals surface area (Å²) in [4.78, 5) is 58.4. The highest BCUT2D eigenvalue weighted by atomic mass is 35.5. The largest absolute Gasteiger partial charge is 0.444 e. The molecule has 0 saturated carbocycles. The van der Waals surface area contributed by atoms with Crippen molar-refractivity contribution < 1.29 is 14.3 Å². The standard InChI is InChI=1S/C21H18ClN5O5S/c22-12-4-1-5-13-17(12)19(29)26(20(30)23-13)8-2-3-11-9-27(21(31)32-11)15-7-6-14-18(24-15)25-16(28)10-33-14/h1,4-7,11H,2-3,8-10H2,(H,23,30)(H,24,25,28). The number of hydrogen-bond acceptors (Lipinski definition) is 7. The number of rotatable bonds is 5. The van der Waals surface area contributed by atoms with Crippen molar-refractivity contribution in [1.82, 2.24) is 14.5 Å². The van der Waals surface area contributed by atoms with E-state index < -0.39 is 23.4 Å². The predicted octanol–water partition coefficient (Wildman–Crippen LogP) is 2.59. The molecule has 2 aliphatic rings. The van der Waals surface area contributed by atoms with E-state index in [-0.39, 0.29) is 29.4 Å². The molecule has 12 heteroatoms. The van der Waals surface area contributed by atoms with Crippen LogP contribution in [0.1, 0.15) is 12.8 Å². The number of carbonyl (C=O) groups excluding carboxylic acids is 2. The van der Waals surface area contributed by atoms with E-state index in [4.69, 9.17) is 16.3 Å². The Hall–Kier alpha value is -3.31. The van der Waals surface area contributed by atoms with Gasteiger partial charge in [-0.15, -0.1) is 11.8 Å². The van der Waals surface area contributed by atoms with Gasteiger partial charge in [-0.2, -0.15) is 0 Å². The fraction of sp³-hybridized carbons (Fsp3) is 0.286. The Balaban J connectivity index is 1.26. The molecule has 5 rings (SSSR count). The number of halogens is 1. The summed E-state index contributed by atoms with van der Waals surface area (Å²) >= 11 is 7.53. The highest BCUT2D eigenvalue weighted by Gasteiger charge is 2.33. The van der Waals surface area contributed by atoms with Crippen LogP contribution in [0.25, 0.3) is 10.9 Å². The number of amides is 2. The maximum atomic E-state index is 12.8. The molecule has 170 valence electrons. The van der Waals surface area contributed by atoms with E-state index in [1.807, 2.05) is 6.07 Å². The van der Waals surface area contributed by atoms with Crippen LogP contribution < -0.4 is 21.5 Å². The number of cyclic esters (lactones) is 1. The second kappa shape index (κ2) is 8.56. The SMILES string of the molecule is O=C1CSc2ccc(N3CC(CCCn4c(=O)[nH]c5cccc(Cl)c5c4=O)OC3=O)nc2N1. The number of ether oxygens (including phenoxy) is 1. The van der Waals surface area contributed by atoms with Gasteiger partial charge in [0.05, 0.1) is 33.1 Å². The van der Waals surface area contributed by atoms with E-state index in [1.54, 1.807) is 24.3 Å². The molecule has 0 spiro atoms. The molecule has 33 heavy (non-hydrogen) atoms. The van der Waals surface area contributed by atoms with Gasteiger partial charge >= 0.3 is 11.8 Å². The number of fused-ring (bicyclic) bond motifs is 2. The first-order chi connectivity index (χ1) is 15.9. The summed E-state index contributed by atoms with van der Waals surface area (Å²) in [7, 11) is 0. The van der Waals surface area contributed by atoms with Crippen molar-refractivity contribution in [2.24, 2.45) is 0 Å². The minimum atomic E-state index is -0.533. The number of H-pyrrole nitrogens is 1. The molecule has 3 aromatic rings. The van der Waals surface area contributed by atoms with Crippen molar-refractivity contribution >= 4 is 57.9 Å². The number of benzene rings is 1. The van der Waals surface area contributed by atoms with Crippen LogP contribution in [0.5, 0.6) is 0 Å². The van der Waals surface area contributed by atoms with Gasteiger partial charge in [-0.05, 0) is 37.1 Å². The first kappa shape index (κ1) is 21.5. The average Bonchev–Trinajstić information content (AvgIpc) is 3.15. The summed E-state index contributed by atoms with van der Waals surface area (Å²) < 4.78 is 6.55. The smallest absolute Gasteiger partial charge is 0.415 e. The number of thioether (sulfide) groups is 1. The third-order valence-electron chi connectivity index (χ3n) is 5.48. The second-order valence-electron chi connectivity index (χ2n) is 7.66. The lowest BCUT2D eigenvalue weighted by Gasteiger charge is -2.18. The Morgan fingerprint density at radius 1 is 1.18 bits per heavy atom. The van der Waals surface area contributed by atoms with Gasteiger partial charge in [0.1, 0.15) is 17.7 Å². The van der Waals surface area contributed by atoms with E-state index in [2.05, 4.69) is 15.3 Å². The van der Waals surface area contributed by atoms with Crippen molar-refractivity contribution in [1.29, 1.82) is 0 Å². The highest BCUT2D eigenvalue weighted by Crippen LogP contribution is 2.33. The molecule has 10 nitrogen and oxygen atoms in total. The molecule has 1 aromatic carbocycles. The van der Waals surface area contributed by atoms with Crippen molar-refractivity contribution in [2.45, 2.75) is 30.4 Å². The van der Waals surface area contributed by atoms with Crippen molar-refractivity contribution in [2.75, 3.05) is 22.5 Å². The lowest BCUT2D eigenvalue weighted by molar-refractivity contribution is -0.113. The third-order valence-corrected chi connectivity index (χ3v) is 6.84. The van der Waals surface area contributed by atoms with E-state index in [9.17, 15) is 19.2 Å². The third kappa shape index (κ3) is 4.09. The number of anilines is 2. The van der Waals surface area contributed by atoms with E-state index in [1.165, 1.54) is 16.7 Å². The van der Waals surface area contributed by atoms with E-state index in [0.717, 1.165) is 9.46 Å². The number of carbonyl (C=O) groups is 2. The van der Waals surface area contributed by atoms with Gasteiger partial charge in [-0.1, -0.05) is 17.7 Å². The number of hydrogen-bond donors (Lipinski definition) is 2. The molecule has 0 aliphatic carbocycles. The maximum absolute atomic E-state index is 12.8. The molecule has 2 aromatic heterocycles. The van der Waals surface area contributed by atoms with Crippen LogP contribution >= 0.6 is 23.4 Å². The molecule has 2 N–H and O–H groups in total. The summed E-state index contributed by atoms with van der Waals surface area (Å²) in [5, 5.41) is 3.24. The number of nitrogens with one attached hydrogen (secondary N) is 2. The minimum Gasteiger partial charge on any atom is -0.444 e. The number of aromatic amines is 1. The molecule has 1 unspecified atom stereocenters. The normalized spacial score (nSPS) is 17.7. The van der Waals surface area contributed by atoms with Gasteiger partial charge in [0, 0.05) is 6.54 Å². The first-order valence-corrected chi connectivity index (χ1v) is 11.6. The van der Waals surface area contributed by atoms with E-state index >= 15 is 0 Å². The average molecular weight is 488 g/mol. The van der Waals surface area contributed by atoms with Gasteiger partial charge in [0.2, 0.25) is 5.91 Å². The monoisotopic (exact) mass is 487 g/mol. The van der Waals surface area contributed by atoms with Crippen LogP contribution in [0.2, 0.25) is 5.02 Å². The van der Waals surface area contributed by atoms with Gasteiger partial charge in [0.25, 0.3) is 5.56 Å². The second-order valence-corrected chi connectivity index (χ2v) is 9.09. The van der Waals surface area contributed by atoms with Crippen LogP contribution in [0, 0.1) is 0 Å². The molecule has 0 bridgehead atoms. The summed E-state index contributed by atoms with van der Waals surface area (Å²) in [5.74, 6) is 1.01. The molecule has 2 amide bonds. The van der Waals surface area contributed by atoms with Crippen LogP contribution in [0.3, 0.4) is 0 Å². The lowest BCUT2D eigenvalue weighted by Crippen LogP contribution is -2.35. The molecular weight excluding hydrogens is 470 g/mol. The number of aromatic nitrogens is 3. The summed E-state index contributed by atoms with van der Waals surface area (Å²) in [5.41, 5.74) is -0.582. The molecule has 0 radical (unpaired) electrons. The summed E-state index contributed by atoms with van der Waals surface area (Å²) in [6.45, 7) is 0.435. The molecule has 2 aliphatic heterocycles. The van der Waals surface area contributed by atoms with Gasteiger partial charge < -0.3 is 15.0 Å². The zero-order valence-corrected chi connectivity index (χ0v) is 18.7. The predicted molar refractivity (Wildman–Crippen MR) is 124 cm³/mol. The Morgan fingerprint density at radius 2 is 2.03 bits per heavy atom. The van der Waals surface area contributed by atoms with Crippen molar-refractivity contribution in [3.8, 4) is 0 Å². The maximum Gasteiger partial charge on any atom is 0.415 e. The van der Waals surface area contributed by atoms with Crippen molar-refractivity contribution in [3.63, 3.8) is 0 Å². The minimum absolute atomic E-state index is 0.140. The molecule has 1 atom stereocenters. The first-order valence-electron chi connectivity index (χ1n) is 10.2. The Morgan fingerprint density at radius 3 is 2.88 bits per heavy atom. The number of pyridine rings is 1. The molecular formula is C21H18ClN5O5S. The van der Waals surface area contributed by atoms with Gasteiger partial charge in [0.15, 0.2) is 0 Å². The van der Waals surface area contributed by atoms with Crippen LogP contribution in [-0.2, 0) is 16.1 Å². The summed E-state index contributed by atoms with van der Waals surface area (Å²) in [6, 6.07) is 8.41. The van der Waals surface area contributed by atoms with Crippen LogP contribution in [0.15, 0.2) is 44.8 Å². The fourth-order valence-corrected chi connectivity index (χ4v) is 4.91. The number of nitrogens with zero attached hydrogens (tertiary/aromatic N) is 3. The zero-order valence-electron chi connectivity index (χ0n) is 17.2. The Labute approximate surface area is 195 Å². The molecule has 1 saturated heterocycles. The zero-order chi connectivity index (χ0) is 23.1. The Kier molecular flexibility index (Phi) is 5.59. The molecule has 4 heterocycles. The quantitative estimate of drug-likeness (QED) is 0.566. The highest BCUT2D eigenvalue weighted by molar-refractivity contribution is 8.00. The van der Waals surface area contributed by atoms with Gasteiger partial charge in [-0.3, -0.25) is 19.1 Å².